The van der Waals surface area contributed by atoms with Crippen molar-refractivity contribution in [1.82, 2.24) is 5.32 Å². The molecule has 0 aromatic carbocycles. The van der Waals surface area contributed by atoms with Gasteiger partial charge in [0, 0.05) is 19.6 Å². The number of rotatable bonds is 38. The monoisotopic (exact) mass is 671 g/mol. The van der Waals surface area contributed by atoms with Gasteiger partial charge in [0.15, 0.2) is 0 Å². The highest BCUT2D eigenvalue weighted by atomic mass is 16.6. The van der Waals surface area contributed by atoms with E-state index >= 15 is 0 Å². The molecule has 0 radical (unpaired) electrons. The summed E-state index contributed by atoms with van der Waals surface area (Å²) in [7, 11) is 0. The molecular weight excluding hydrogens is 614 g/mol. The molecule has 0 aliphatic rings. The van der Waals surface area contributed by atoms with Gasteiger partial charge in [-0.25, -0.2) is 0 Å². The second-order valence-corrected chi connectivity index (χ2v) is 9.28. The molecule has 0 bridgehead atoms. The lowest BCUT2D eigenvalue weighted by molar-refractivity contribution is -0.144. The minimum Gasteiger partial charge on any atom is -0.481 e. The second kappa shape index (κ2) is 37.5. The van der Waals surface area contributed by atoms with Crippen LogP contribution in [-0.4, -0.2) is 168 Å². The lowest BCUT2D eigenvalue weighted by Crippen LogP contribution is -2.25. The normalized spacial score (nSPS) is 11.2. The van der Waals surface area contributed by atoms with Gasteiger partial charge < -0.3 is 62.5 Å². The zero-order valence-electron chi connectivity index (χ0n) is 27.5. The van der Waals surface area contributed by atoms with E-state index in [1.54, 1.807) is 6.92 Å². The number of carbonyl (C=O) groups excluding carboxylic acids is 2. The molecule has 0 aliphatic heterocycles. The van der Waals surface area contributed by atoms with E-state index < -0.39 is 5.97 Å². The third-order valence-electron chi connectivity index (χ3n) is 5.46. The summed E-state index contributed by atoms with van der Waals surface area (Å²) in [5.41, 5.74) is 0. The first-order chi connectivity index (χ1) is 22.6. The summed E-state index contributed by atoms with van der Waals surface area (Å²) in [4.78, 5) is 32.9. The van der Waals surface area contributed by atoms with Gasteiger partial charge in [0.05, 0.1) is 145 Å². The largest absolute Gasteiger partial charge is 0.481 e. The lowest BCUT2D eigenvalue weighted by Gasteiger charge is -2.09. The molecule has 0 heterocycles. The van der Waals surface area contributed by atoms with Gasteiger partial charge in [-0.3, -0.25) is 14.4 Å². The number of aliphatic carboxylic acids is 1. The maximum absolute atomic E-state index is 11.4. The number of hydrogen-bond acceptors (Lipinski definition) is 14. The fourth-order valence-corrected chi connectivity index (χ4v) is 3.18. The van der Waals surface area contributed by atoms with E-state index in [0.717, 1.165) is 0 Å². The van der Waals surface area contributed by atoms with Crippen LogP contribution in [0.1, 0.15) is 32.6 Å². The van der Waals surface area contributed by atoms with Gasteiger partial charge in [-0.05, 0) is 13.3 Å². The van der Waals surface area contributed by atoms with E-state index in [9.17, 15) is 14.4 Å². The molecule has 0 atom stereocenters. The molecule has 0 saturated carbocycles. The molecule has 0 unspecified atom stereocenters. The van der Waals surface area contributed by atoms with Gasteiger partial charge >= 0.3 is 11.9 Å². The van der Waals surface area contributed by atoms with Crippen molar-refractivity contribution in [2.24, 2.45) is 0 Å². The highest BCUT2D eigenvalue weighted by molar-refractivity contribution is 5.80. The van der Waals surface area contributed by atoms with Crippen LogP contribution in [0.15, 0.2) is 0 Å². The van der Waals surface area contributed by atoms with Crippen molar-refractivity contribution in [1.29, 1.82) is 0 Å². The Morgan fingerprint density at radius 1 is 0.457 bits per heavy atom. The van der Waals surface area contributed by atoms with Crippen molar-refractivity contribution in [2.75, 3.05) is 145 Å². The Morgan fingerprint density at radius 2 is 0.783 bits per heavy atom. The summed E-state index contributed by atoms with van der Waals surface area (Å²) in [5.74, 6) is -1.51. The molecule has 16 heteroatoms. The molecule has 272 valence electrons. The van der Waals surface area contributed by atoms with Crippen LogP contribution < -0.4 is 5.32 Å². The molecule has 1 amide bonds. The van der Waals surface area contributed by atoms with Crippen LogP contribution >= 0.6 is 0 Å². The van der Waals surface area contributed by atoms with Crippen LogP contribution in [-0.2, 0) is 66.5 Å². The minimum atomic E-state index is -0.985. The van der Waals surface area contributed by atoms with Crippen LogP contribution in [0.5, 0.6) is 0 Å². The molecule has 2 N–H and O–H groups in total. The smallest absolute Gasteiger partial charge is 0.308 e. The number of esters is 1. The van der Waals surface area contributed by atoms with Crippen LogP contribution in [0.25, 0.3) is 0 Å². The quantitative estimate of drug-likeness (QED) is 0.0682. The zero-order chi connectivity index (χ0) is 33.6. The number of nitrogens with one attached hydrogen (secondary N) is 1. The van der Waals surface area contributed by atoms with Crippen molar-refractivity contribution in [2.45, 2.75) is 32.6 Å². The molecule has 0 aromatic heterocycles. The molecule has 0 aromatic rings. The summed E-state index contributed by atoms with van der Waals surface area (Å²) >= 11 is 0. The molecule has 0 aliphatic carbocycles. The Balaban J connectivity index is 3.10. The Hall–Kier alpha value is -1.99. The molecule has 0 rings (SSSR count). The third kappa shape index (κ3) is 38.2. The van der Waals surface area contributed by atoms with Crippen LogP contribution in [0, 0.1) is 0 Å². The number of hydrogen-bond donors (Lipinski definition) is 2. The van der Waals surface area contributed by atoms with Gasteiger partial charge in [-0.15, -0.1) is 0 Å². The van der Waals surface area contributed by atoms with E-state index in [0.29, 0.717) is 152 Å². The van der Waals surface area contributed by atoms with Crippen molar-refractivity contribution in [3.8, 4) is 0 Å². The highest BCUT2D eigenvalue weighted by Crippen LogP contribution is 1.91. The SMILES string of the molecule is CCOC(=O)CCOCCOCCOCCOCCOCCOCCOCCOCCOCCOCCCNC(=O)CCC(=O)O. The Labute approximate surface area is 272 Å². The fraction of sp³-hybridized carbons (Fsp3) is 0.900. The maximum Gasteiger partial charge on any atom is 0.308 e. The molecule has 16 nitrogen and oxygen atoms in total. The van der Waals surface area contributed by atoms with Crippen molar-refractivity contribution >= 4 is 17.8 Å². The number of ether oxygens (including phenoxy) is 11. The average molecular weight is 672 g/mol. The predicted octanol–water partition coefficient (Wildman–Crippen LogP) is 0.477. The number of carboxylic acids is 1. The topological polar surface area (TPSA) is 185 Å². The summed E-state index contributed by atoms with van der Waals surface area (Å²) in [6, 6.07) is 0. The first kappa shape index (κ1) is 44.0. The molecule has 46 heavy (non-hydrogen) atoms. The molecule has 0 spiro atoms. The predicted molar refractivity (Wildman–Crippen MR) is 164 cm³/mol. The first-order valence-corrected chi connectivity index (χ1v) is 16.0. The standard InChI is InChI=1S/C30H57NO15/c1-2-46-30(35)6-9-37-11-13-39-15-17-41-19-21-43-23-25-45-27-26-44-24-22-42-20-18-40-16-14-38-12-10-36-8-3-7-31-28(32)4-5-29(33)34/h2-27H2,1H3,(H,31,32)(H,33,34). The van der Waals surface area contributed by atoms with Gasteiger partial charge in [0.25, 0.3) is 0 Å². The second-order valence-electron chi connectivity index (χ2n) is 9.28. The number of carboxylic acid groups (broad SMARTS) is 1. The zero-order valence-corrected chi connectivity index (χ0v) is 27.5. The van der Waals surface area contributed by atoms with Gasteiger partial charge in [-0.1, -0.05) is 0 Å². The molecule has 0 fully saturated rings. The highest BCUT2D eigenvalue weighted by Gasteiger charge is 2.04. The van der Waals surface area contributed by atoms with E-state index in [-0.39, 0.29) is 31.1 Å². The van der Waals surface area contributed by atoms with E-state index in [1.165, 1.54) is 0 Å². The van der Waals surface area contributed by atoms with Crippen molar-refractivity contribution in [3.05, 3.63) is 0 Å². The summed E-state index contributed by atoms with van der Waals surface area (Å²) in [6.07, 6.45) is 0.718. The average Bonchev–Trinajstić information content (AvgIpc) is 3.04. The van der Waals surface area contributed by atoms with Crippen molar-refractivity contribution in [3.63, 3.8) is 0 Å². The summed E-state index contributed by atoms with van der Waals surface area (Å²) in [5, 5.41) is 11.2. The Morgan fingerprint density at radius 3 is 1.11 bits per heavy atom. The summed E-state index contributed by atoms with van der Waals surface area (Å²) < 4.78 is 59.0. The van der Waals surface area contributed by atoms with E-state index in [2.05, 4.69) is 5.32 Å². The number of carbonyl (C=O) groups is 3. The first-order valence-electron chi connectivity index (χ1n) is 16.0. The maximum atomic E-state index is 11.4. The van der Waals surface area contributed by atoms with Gasteiger partial charge in [0.1, 0.15) is 0 Å². The van der Waals surface area contributed by atoms with Crippen molar-refractivity contribution < 1.29 is 71.6 Å². The Kier molecular flexibility index (Phi) is 35.8. The third-order valence-corrected chi connectivity index (χ3v) is 5.46. The van der Waals surface area contributed by atoms with E-state index in [4.69, 9.17) is 57.2 Å². The van der Waals surface area contributed by atoms with Gasteiger partial charge in [0.2, 0.25) is 5.91 Å². The summed E-state index contributed by atoms with van der Waals surface area (Å²) in [6.45, 7) is 11.8. The lowest BCUT2D eigenvalue weighted by atomic mass is 10.3. The van der Waals surface area contributed by atoms with Crippen LogP contribution in [0.4, 0.5) is 0 Å². The minimum absolute atomic E-state index is 0.0127. The Bertz CT molecular complexity index is 687. The molecular formula is C30H57NO15. The van der Waals surface area contributed by atoms with E-state index in [1.807, 2.05) is 0 Å². The van der Waals surface area contributed by atoms with Gasteiger partial charge in [-0.2, -0.15) is 0 Å². The van der Waals surface area contributed by atoms with Crippen LogP contribution in [0.2, 0.25) is 0 Å². The van der Waals surface area contributed by atoms with Crippen LogP contribution in [0.3, 0.4) is 0 Å². The fourth-order valence-electron chi connectivity index (χ4n) is 3.18. The number of amides is 1. The molecule has 0 saturated heterocycles.